The van der Waals surface area contributed by atoms with Crippen molar-refractivity contribution >= 4 is 23.8 Å². The fourth-order valence-electron chi connectivity index (χ4n) is 1.73. The molecule has 0 fully saturated rings. The van der Waals surface area contributed by atoms with E-state index >= 15 is 0 Å². The Bertz CT molecular complexity index is 593. The molecular formula is C12H14ClN3OS. The minimum absolute atomic E-state index is 0.224. The Morgan fingerprint density at radius 1 is 1.50 bits per heavy atom. The number of H-pyrrole nitrogens is 1. The summed E-state index contributed by atoms with van der Waals surface area (Å²) in [7, 11) is 0. The fourth-order valence-corrected chi connectivity index (χ4v) is 2.18. The van der Waals surface area contributed by atoms with Gasteiger partial charge in [-0.1, -0.05) is 23.7 Å². The lowest BCUT2D eigenvalue weighted by atomic mass is 10.3. The molecule has 2 rings (SSSR count). The molecule has 1 heterocycles. The standard InChI is InChI=1S/C12H14ClN3OS/c1-3-16-11(14-15-12(16)18)8(2)17-10-7-5-4-6-9(10)13/h4-8H,3H2,1-2H3,(H,15,18)/t8-/m0/s1. The lowest BCUT2D eigenvalue weighted by Gasteiger charge is -2.15. The second-order valence-corrected chi connectivity index (χ2v) is 4.62. The average Bonchev–Trinajstić information content (AvgIpc) is 2.73. The van der Waals surface area contributed by atoms with Crippen molar-refractivity contribution in [2.75, 3.05) is 0 Å². The highest BCUT2D eigenvalue weighted by atomic mass is 35.5. The summed E-state index contributed by atoms with van der Waals surface area (Å²) in [5, 5.41) is 7.55. The fraction of sp³-hybridized carbons (Fsp3) is 0.333. The van der Waals surface area contributed by atoms with Crippen LogP contribution in [0.2, 0.25) is 5.02 Å². The second kappa shape index (κ2) is 5.54. The van der Waals surface area contributed by atoms with Gasteiger partial charge in [-0.25, -0.2) is 0 Å². The maximum atomic E-state index is 6.05. The summed E-state index contributed by atoms with van der Waals surface area (Å²) in [5.41, 5.74) is 0. The van der Waals surface area contributed by atoms with Gasteiger partial charge >= 0.3 is 0 Å². The first-order valence-corrected chi connectivity index (χ1v) is 6.48. The van der Waals surface area contributed by atoms with Gasteiger partial charge in [0.1, 0.15) is 5.75 Å². The van der Waals surface area contributed by atoms with Gasteiger partial charge in [0.25, 0.3) is 0 Å². The Labute approximate surface area is 116 Å². The van der Waals surface area contributed by atoms with Gasteiger partial charge in [0.15, 0.2) is 16.7 Å². The first kappa shape index (κ1) is 13.1. The quantitative estimate of drug-likeness (QED) is 0.869. The zero-order chi connectivity index (χ0) is 13.1. The number of hydrogen-bond acceptors (Lipinski definition) is 3. The molecule has 18 heavy (non-hydrogen) atoms. The Balaban J connectivity index is 2.25. The molecule has 1 aromatic carbocycles. The molecule has 2 aromatic rings. The molecule has 0 radical (unpaired) electrons. The van der Waals surface area contributed by atoms with Crippen LogP contribution in [0.4, 0.5) is 0 Å². The number of nitrogens with zero attached hydrogens (tertiary/aromatic N) is 2. The average molecular weight is 284 g/mol. The summed E-state index contributed by atoms with van der Waals surface area (Å²) < 4.78 is 8.30. The highest BCUT2D eigenvalue weighted by Crippen LogP contribution is 2.27. The zero-order valence-corrected chi connectivity index (χ0v) is 11.8. The number of nitrogens with one attached hydrogen (secondary N) is 1. The molecule has 0 amide bonds. The topological polar surface area (TPSA) is 42.8 Å². The number of benzene rings is 1. The maximum Gasteiger partial charge on any atom is 0.195 e. The number of aromatic amines is 1. The summed E-state index contributed by atoms with van der Waals surface area (Å²) in [4.78, 5) is 0. The monoisotopic (exact) mass is 283 g/mol. The Kier molecular flexibility index (Phi) is 4.04. The molecule has 1 N–H and O–H groups in total. The van der Waals surface area contributed by atoms with E-state index in [1.807, 2.05) is 36.6 Å². The van der Waals surface area contributed by atoms with E-state index in [0.29, 0.717) is 15.5 Å². The minimum atomic E-state index is -0.224. The van der Waals surface area contributed by atoms with Crippen LogP contribution in [0.25, 0.3) is 0 Å². The summed E-state index contributed by atoms with van der Waals surface area (Å²) in [6.07, 6.45) is -0.224. The molecule has 1 aromatic heterocycles. The lowest BCUT2D eigenvalue weighted by molar-refractivity contribution is 0.211. The molecule has 0 unspecified atom stereocenters. The number of halogens is 1. The molecule has 0 bridgehead atoms. The van der Waals surface area contributed by atoms with Gasteiger partial charge in [-0.15, -0.1) is 0 Å². The molecule has 4 nitrogen and oxygen atoms in total. The van der Waals surface area contributed by atoms with Crippen molar-refractivity contribution in [1.29, 1.82) is 0 Å². The number of para-hydroxylation sites is 1. The van der Waals surface area contributed by atoms with Gasteiger partial charge in [0.05, 0.1) is 5.02 Å². The van der Waals surface area contributed by atoms with E-state index in [1.165, 1.54) is 0 Å². The van der Waals surface area contributed by atoms with Crippen LogP contribution in [0.3, 0.4) is 0 Å². The molecule has 1 atom stereocenters. The maximum absolute atomic E-state index is 6.05. The van der Waals surface area contributed by atoms with Crippen LogP contribution in [0, 0.1) is 4.77 Å². The van der Waals surface area contributed by atoms with E-state index in [-0.39, 0.29) is 6.10 Å². The third-order valence-corrected chi connectivity index (χ3v) is 3.23. The Morgan fingerprint density at radius 3 is 2.89 bits per heavy atom. The van der Waals surface area contributed by atoms with Crippen molar-refractivity contribution in [2.24, 2.45) is 0 Å². The van der Waals surface area contributed by atoms with Crippen LogP contribution < -0.4 is 4.74 Å². The molecule has 0 aliphatic carbocycles. The minimum Gasteiger partial charge on any atom is -0.481 e. The number of hydrogen-bond donors (Lipinski definition) is 1. The largest absolute Gasteiger partial charge is 0.481 e. The smallest absolute Gasteiger partial charge is 0.195 e. The van der Waals surface area contributed by atoms with Crippen LogP contribution in [0.5, 0.6) is 5.75 Å². The van der Waals surface area contributed by atoms with Crippen molar-refractivity contribution in [2.45, 2.75) is 26.5 Å². The van der Waals surface area contributed by atoms with Gasteiger partial charge in [0.2, 0.25) is 0 Å². The molecule has 0 saturated heterocycles. The van der Waals surface area contributed by atoms with Gasteiger partial charge in [-0.05, 0) is 38.2 Å². The van der Waals surface area contributed by atoms with E-state index < -0.39 is 0 Å². The van der Waals surface area contributed by atoms with E-state index in [4.69, 9.17) is 28.6 Å². The third kappa shape index (κ3) is 2.57. The molecular weight excluding hydrogens is 270 g/mol. The van der Waals surface area contributed by atoms with Gasteiger partial charge < -0.3 is 9.30 Å². The van der Waals surface area contributed by atoms with E-state index in [0.717, 1.165) is 12.4 Å². The van der Waals surface area contributed by atoms with Crippen molar-refractivity contribution in [3.05, 3.63) is 39.9 Å². The van der Waals surface area contributed by atoms with Crippen LogP contribution in [0.15, 0.2) is 24.3 Å². The molecule has 96 valence electrons. The molecule has 0 spiro atoms. The van der Waals surface area contributed by atoms with Gasteiger partial charge in [0, 0.05) is 6.54 Å². The number of rotatable bonds is 4. The molecule has 0 aliphatic heterocycles. The summed E-state index contributed by atoms with van der Waals surface area (Å²) in [6.45, 7) is 4.68. The van der Waals surface area contributed by atoms with Crippen LogP contribution in [-0.2, 0) is 6.54 Å². The Hall–Kier alpha value is -1.33. The SMILES string of the molecule is CCn1c([C@H](C)Oc2ccccc2Cl)n[nH]c1=S. The van der Waals surface area contributed by atoms with Crippen molar-refractivity contribution in [3.8, 4) is 5.75 Å². The zero-order valence-electron chi connectivity index (χ0n) is 10.2. The predicted molar refractivity (Wildman–Crippen MR) is 73.6 cm³/mol. The van der Waals surface area contributed by atoms with E-state index in [2.05, 4.69) is 10.2 Å². The number of ether oxygens (including phenoxy) is 1. The summed E-state index contributed by atoms with van der Waals surface area (Å²) in [6, 6.07) is 7.36. The van der Waals surface area contributed by atoms with Crippen molar-refractivity contribution in [1.82, 2.24) is 14.8 Å². The normalized spacial score (nSPS) is 12.4. The first-order valence-electron chi connectivity index (χ1n) is 5.69. The van der Waals surface area contributed by atoms with Crippen molar-refractivity contribution in [3.63, 3.8) is 0 Å². The molecule has 0 aliphatic rings. The van der Waals surface area contributed by atoms with E-state index in [9.17, 15) is 0 Å². The molecule has 6 heteroatoms. The Morgan fingerprint density at radius 2 is 2.22 bits per heavy atom. The highest BCUT2D eigenvalue weighted by Gasteiger charge is 2.15. The van der Waals surface area contributed by atoms with Crippen molar-refractivity contribution < 1.29 is 4.74 Å². The van der Waals surface area contributed by atoms with Gasteiger partial charge in [-0.3, -0.25) is 5.10 Å². The lowest BCUT2D eigenvalue weighted by Crippen LogP contribution is -2.11. The first-order chi connectivity index (χ1) is 8.63. The molecule has 0 saturated carbocycles. The summed E-state index contributed by atoms with van der Waals surface area (Å²) in [5.74, 6) is 1.41. The number of aromatic nitrogens is 3. The second-order valence-electron chi connectivity index (χ2n) is 3.82. The van der Waals surface area contributed by atoms with Crippen LogP contribution in [0.1, 0.15) is 25.8 Å². The summed E-state index contributed by atoms with van der Waals surface area (Å²) >= 11 is 11.2. The predicted octanol–water partition coefficient (Wildman–Crippen LogP) is 3.75. The van der Waals surface area contributed by atoms with Crippen LogP contribution >= 0.6 is 23.8 Å². The third-order valence-electron chi connectivity index (χ3n) is 2.61. The highest BCUT2D eigenvalue weighted by molar-refractivity contribution is 7.71. The van der Waals surface area contributed by atoms with Crippen LogP contribution in [-0.4, -0.2) is 14.8 Å². The van der Waals surface area contributed by atoms with Gasteiger partial charge in [-0.2, -0.15) is 5.10 Å². The van der Waals surface area contributed by atoms with E-state index in [1.54, 1.807) is 6.07 Å².